The Bertz CT molecular complexity index is 1700. The SMILES string of the molecule is CCOC(=O)c1c(-c2ccc(F)cc2)oc2cc(N(CCN(C)c3ccccc3)C(=O)OCC)c(-c3ccccc3)cc12. The lowest BCUT2D eigenvalue weighted by molar-refractivity contribution is 0.0528. The number of carbonyl (C=O) groups excluding carboxylic acids is 2. The Morgan fingerprint density at radius 2 is 1.44 bits per heavy atom. The molecule has 0 bridgehead atoms. The number of fused-ring (bicyclic) bond motifs is 1. The van der Waals surface area contributed by atoms with Crippen molar-refractivity contribution in [1.82, 2.24) is 0 Å². The van der Waals surface area contributed by atoms with Gasteiger partial charge in [-0.25, -0.2) is 14.0 Å². The van der Waals surface area contributed by atoms with E-state index in [0.717, 1.165) is 11.3 Å². The van der Waals surface area contributed by atoms with Crippen molar-refractivity contribution in [2.75, 3.05) is 43.2 Å². The first kappa shape index (κ1) is 29.4. The molecule has 1 aromatic heterocycles. The summed E-state index contributed by atoms with van der Waals surface area (Å²) < 4.78 is 31.0. The molecule has 43 heavy (non-hydrogen) atoms. The van der Waals surface area contributed by atoms with Crippen molar-refractivity contribution in [2.24, 2.45) is 0 Å². The van der Waals surface area contributed by atoms with E-state index in [0.29, 0.717) is 40.9 Å². The number of amides is 1. The number of carbonyl (C=O) groups is 2. The summed E-state index contributed by atoms with van der Waals surface area (Å²) in [6, 6.07) is 28.8. The predicted octanol–water partition coefficient (Wildman–Crippen LogP) is 8.18. The summed E-state index contributed by atoms with van der Waals surface area (Å²) in [5.74, 6) is -0.702. The smallest absolute Gasteiger partial charge is 0.414 e. The van der Waals surface area contributed by atoms with Crippen molar-refractivity contribution in [2.45, 2.75) is 13.8 Å². The quantitative estimate of drug-likeness (QED) is 0.155. The summed E-state index contributed by atoms with van der Waals surface area (Å²) in [6.07, 6.45) is -0.503. The van der Waals surface area contributed by atoms with E-state index in [9.17, 15) is 14.0 Å². The van der Waals surface area contributed by atoms with Crippen molar-refractivity contribution in [3.8, 4) is 22.5 Å². The third kappa shape index (κ3) is 6.38. The standard InChI is InChI=1S/C35H33FN2O5/c1-4-41-34(39)32-29-22-28(24-12-8-6-9-13-24)30(23-31(29)43-33(32)25-16-18-26(36)19-17-25)38(35(40)42-5-2)21-20-37(3)27-14-10-7-11-15-27/h6-19,22-23H,4-5,20-21H2,1-3H3. The summed E-state index contributed by atoms with van der Waals surface area (Å²) in [7, 11) is 1.97. The van der Waals surface area contributed by atoms with Crippen LogP contribution in [0.15, 0.2) is 101 Å². The molecule has 0 N–H and O–H groups in total. The molecule has 0 unspecified atom stereocenters. The second-order valence-electron chi connectivity index (χ2n) is 9.87. The molecule has 7 nitrogen and oxygen atoms in total. The van der Waals surface area contributed by atoms with E-state index in [1.807, 2.05) is 73.8 Å². The van der Waals surface area contributed by atoms with Crippen LogP contribution in [0.1, 0.15) is 24.2 Å². The molecule has 0 fully saturated rings. The minimum atomic E-state index is -0.556. The Balaban J connectivity index is 1.69. The van der Waals surface area contributed by atoms with E-state index in [2.05, 4.69) is 4.90 Å². The predicted molar refractivity (Wildman–Crippen MR) is 167 cm³/mol. The molecular weight excluding hydrogens is 547 g/mol. The summed E-state index contributed by atoms with van der Waals surface area (Å²) in [5, 5.41) is 0.519. The highest BCUT2D eigenvalue weighted by Gasteiger charge is 2.28. The lowest BCUT2D eigenvalue weighted by atomic mass is 9.98. The molecular formula is C35H33FN2O5. The van der Waals surface area contributed by atoms with Gasteiger partial charge in [0.05, 0.1) is 18.9 Å². The maximum Gasteiger partial charge on any atom is 0.414 e. The number of ether oxygens (including phenoxy) is 2. The van der Waals surface area contributed by atoms with Crippen molar-refractivity contribution < 1.29 is 27.9 Å². The van der Waals surface area contributed by atoms with Gasteiger partial charge < -0.3 is 18.8 Å². The number of rotatable bonds is 10. The molecule has 0 saturated heterocycles. The van der Waals surface area contributed by atoms with Crippen molar-refractivity contribution >= 4 is 34.4 Å². The molecule has 0 saturated carbocycles. The molecule has 0 aliphatic heterocycles. The highest BCUT2D eigenvalue weighted by Crippen LogP contribution is 2.41. The molecule has 0 atom stereocenters. The zero-order valence-corrected chi connectivity index (χ0v) is 24.4. The lowest BCUT2D eigenvalue weighted by Gasteiger charge is -2.28. The zero-order chi connectivity index (χ0) is 30.3. The van der Waals surface area contributed by atoms with Gasteiger partial charge in [0.2, 0.25) is 0 Å². The van der Waals surface area contributed by atoms with Gasteiger partial charge in [-0.05, 0) is 61.9 Å². The van der Waals surface area contributed by atoms with Gasteiger partial charge >= 0.3 is 12.1 Å². The molecule has 5 aromatic rings. The van der Waals surface area contributed by atoms with E-state index in [-0.39, 0.29) is 24.5 Å². The number of anilines is 2. The van der Waals surface area contributed by atoms with E-state index >= 15 is 0 Å². The Morgan fingerprint density at radius 3 is 2.09 bits per heavy atom. The number of para-hydroxylation sites is 1. The molecule has 5 rings (SSSR count). The first-order valence-corrected chi connectivity index (χ1v) is 14.2. The van der Waals surface area contributed by atoms with Gasteiger partial charge in [-0.2, -0.15) is 0 Å². The van der Waals surface area contributed by atoms with Gasteiger partial charge in [-0.1, -0.05) is 48.5 Å². The topological polar surface area (TPSA) is 72.2 Å². The molecule has 220 valence electrons. The number of benzene rings is 4. The number of likely N-dealkylation sites (N-methyl/N-ethyl adjacent to an activating group) is 1. The van der Waals surface area contributed by atoms with Crippen LogP contribution in [-0.2, 0) is 9.47 Å². The largest absolute Gasteiger partial charge is 0.462 e. The Kier molecular flexibility index (Phi) is 9.05. The second kappa shape index (κ2) is 13.2. The number of hydrogen-bond donors (Lipinski definition) is 0. The van der Waals surface area contributed by atoms with E-state index in [1.165, 1.54) is 12.1 Å². The van der Waals surface area contributed by atoms with Gasteiger partial charge in [-0.15, -0.1) is 0 Å². The lowest BCUT2D eigenvalue weighted by Crippen LogP contribution is -2.38. The van der Waals surface area contributed by atoms with Gasteiger partial charge in [0.1, 0.15) is 22.7 Å². The Labute approximate surface area is 250 Å². The Morgan fingerprint density at radius 1 is 0.791 bits per heavy atom. The minimum absolute atomic E-state index is 0.170. The van der Waals surface area contributed by atoms with Gasteiger partial charge in [0.25, 0.3) is 0 Å². The van der Waals surface area contributed by atoms with Gasteiger partial charge in [-0.3, -0.25) is 4.90 Å². The van der Waals surface area contributed by atoms with E-state index < -0.39 is 17.9 Å². The molecule has 0 aliphatic carbocycles. The van der Waals surface area contributed by atoms with Crippen LogP contribution in [0, 0.1) is 5.82 Å². The fraction of sp³-hybridized carbons (Fsp3) is 0.200. The molecule has 1 amide bonds. The molecule has 8 heteroatoms. The first-order chi connectivity index (χ1) is 20.9. The van der Waals surface area contributed by atoms with Crippen LogP contribution in [-0.4, -0.2) is 45.4 Å². The van der Waals surface area contributed by atoms with Crippen LogP contribution in [0.2, 0.25) is 0 Å². The summed E-state index contributed by atoms with van der Waals surface area (Å²) >= 11 is 0. The average Bonchev–Trinajstić information content (AvgIpc) is 3.40. The maximum absolute atomic E-state index is 13.8. The van der Waals surface area contributed by atoms with Crippen LogP contribution < -0.4 is 9.80 Å². The Hall–Kier alpha value is -5.11. The number of halogens is 1. The summed E-state index contributed by atoms with van der Waals surface area (Å²) in [5.41, 5.74) is 4.26. The number of hydrogen-bond acceptors (Lipinski definition) is 6. The average molecular weight is 581 g/mol. The van der Waals surface area contributed by atoms with Crippen molar-refractivity contribution in [1.29, 1.82) is 0 Å². The van der Waals surface area contributed by atoms with Crippen LogP contribution in [0.25, 0.3) is 33.4 Å². The zero-order valence-electron chi connectivity index (χ0n) is 24.4. The summed E-state index contributed by atoms with van der Waals surface area (Å²) in [4.78, 5) is 30.4. The highest BCUT2D eigenvalue weighted by molar-refractivity contribution is 6.11. The summed E-state index contributed by atoms with van der Waals surface area (Å²) in [6.45, 7) is 4.70. The first-order valence-electron chi connectivity index (χ1n) is 14.2. The number of furan rings is 1. The van der Waals surface area contributed by atoms with Crippen molar-refractivity contribution in [3.63, 3.8) is 0 Å². The molecule has 0 aliphatic rings. The highest BCUT2D eigenvalue weighted by atomic mass is 19.1. The number of esters is 1. The number of nitrogens with zero attached hydrogens (tertiary/aromatic N) is 2. The van der Waals surface area contributed by atoms with Crippen LogP contribution in [0.5, 0.6) is 0 Å². The van der Waals surface area contributed by atoms with Crippen molar-refractivity contribution in [3.05, 3.63) is 108 Å². The molecule has 0 spiro atoms. The van der Waals surface area contributed by atoms with Crippen LogP contribution in [0.4, 0.5) is 20.6 Å². The fourth-order valence-corrected chi connectivity index (χ4v) is 4.99. The van der Waals surface area contributed by atoms with E-state index in [1.54, 1.807) is 36.9 Å². The van der Waals surface area contributed by atoms with E-state index in [4.69, 9.17) is 13.9 Å². The normalized spacial score (nSPS) is 10.9. The minimum Gasteiger partial charge on any atom is -0.462 e. The molecule has 4 aromatic carbocycles. The van der Waals surface area contributed by atoms with Gasteiger partial charge in [0, 0.05) is 48.4 Å². The van der Waals surface area contributed by atoms with Crippen LogP contribution >= 0.6 is 0 Å². The van der Waals surface area contributed by atoms with Gasteiger partial charge in [0.15, 0.2) is 0 Å². The van der Waals surface area contributed by atoms with Crippen LogP contribution in [0.3, 0.4) is 0 Å². The maximum atomic E-state index is 13.8. The molecule has 1 heterocycles. The second-order valence-corrected chi connectivity index (χ2v) is 9.87. The monoisotopic (exact) mass is 580 g/mol. The third-order valence-electron chi connectivity index (χ3n) is 7.11. The fourth-order valence-electron chi connectivity index (χ4n) is 4.99. The third-order valence-corrected chi connectivity index (χ3v) is 7.11. The molecule has 0 radical (unpaired) electrons.